The zero-order valence-corrected chi connectivity index (χ0v) is 15.8. The fourth-order valence-electron chi connectivity index (χ4n) is 3.32. The van der Waals surface area contributed by atoms with E-state index in [1.807, 2.05) is 41.3 Å². The molecule has 0 spiro atoms. The van der Waals surface area contributed by atoms with Gasteiger partial charge in [-0.3, -0.25) is 9.78 Å². The Morgan fingerprint density at radius 3 is 2.68 bits per heavy atom. The van der Waals surface area contributed by atoms with E-state index in [1.165, 1.54) is 0 Å². The molecule has 138 valence electrons. The molecule has 1 saturated heterocycles. The molecule has 0 bridgehead atoms. The number of pyridine rings is 1. The Bertz CT molecular complexity index is 1140. The highest BCUT2D eigenvalue weighted by Crippen LogP contribution is 2.37. The van der Waals surface area contributed by atoms with Gasteiger partial charge in [-0.15, -0.1) is 11.3 Å². The van der Waals surface area contributed by atoms with Crippen molar-refractivity contribution in [1.82, 2.24) is 20.3 Å². The first-order chi connectivity index (χ1) is 13.8. The van der Waals surface area contributed by atoms with Gasteiger partial charge in [0.05, 0.1) is 11.9 Å². The fourth-order valence-corrected chi connectivity index (χ4v) is 4.35. The molecule has 1 amide bonds. The zero-order chi connectivity index (χ0) is 18.9. The predicted octanol–water partition coefficient (Wildman–Crippen LogP) is 3.36. The molecule has 1 aromatic carbocycles. The van der Waals surface area contributed by atoms with Gasteiger partial charge in [-0.05, 0) is 23.8 Å². The molecule has 6 nitrogen and oxygen atoms in total. The van der Waals surface area contributed by atoms with Crippen LogP contribution in [0.3, 0.4) is 0 Å². The first-order valence-electron chi connectivity index (χ1n) is 9.08. The van der Waals surface area contributed by atoms with Crippen LogP contribution in [-0.4, -0.2) is 40.5 Å². The third-order valence-electron chi connectivity index (χ3n) is 4.66. The topological polar surface area (TPSA) is 71.0 Å². The number of carbonyl (C=O) groups excluding carboxylic acids is 1. The van der Waals surface area contributed by atoms with Crippen molar-refractivity contribution in [3.8, 4) is 22.0 Å². The quantitative estimate of drug-likeness (QED) is 0.584. The molecular formula is C21H17N5OS. The number of nitrogens with one attached hydrogen (secondary N) is 1. The Balaban J connectivity index is 1.70. The van der Waals surface area contributed by atoms with Crippen molar-refractivity contribution in [1.29, 1.82) is 0 Å². The van der Waals surface area contributed by atoms with Gasteiger partial charge in [-0.2, -0.15) is 0 Å². The average Bonchev–Trinajstić information content (AvgIpc) is 3.18. The van der Waals surface area contributed by atoms with Gasteiger partial charge in [0.15, 0.2) is 5.82 Å². The van der Waals surface area contributed by atoms with E-state index in [0.717, 1.165) is 38.7 Å². The van der Waals surface area contributed by atoms with Crippen molar-refractivity contribution in [2.75, 3.05) is 24.5 Å². The Kier molecular flexibility index (Phi) is 4.21. The number of nitrogens with zero attached hydrogens (tertiary/aromatic N) is 4. The Morgan fingerprint density at radius 1 is 1.04 bits per heavy atom. The summed E-state index contributed by atoms with van der Waals surface area (Å²) < 4.78 is 0. The van der Waals surface area contributed by atoms with Gasteiger partial charge in [0.25, 0.3) is 0 Å². The van der Waals surface area contributed by atoms with Crippen molar-refractivity contribution in [2.24, 2.45) is 0 Å². The van der Waals surface area contributed by atoms with Crippen LogP contribution in [0.25, 0.3) is 32.2 Å². The molecule has 1 aliphatic heterocycles. The lowest BCUT2D eigenvalue weighted by Gasteiger charge is -2.28. The van der Waals surface area contributed by atoms with Crippen LogP contribution in [0.1, 0.15) is 0 Å². The summed E-state index contributed by atoms with van der Waals surface area (Å²) in [5.41, 5.74) is 1.87. The van der Waals surface area contributed by atoms with Crippen LogP contribution >= 0.6 is 11.3 Å². The number of benzene rings is 1. The van der Waals surface area contributed by atoms with Crippen LogP contribution in [0.15, 0.2) is 60.8 Å². The van der Waals surface area contributed by atoms with Gasteiger partial charge in [0.1, 0.15) is 16.3 Å². The normalized spacial score (nSPS) is 14.3. The van der Waals surface area contributed by atoms with Gasteiger partial charge in [0.2, 0.25) is 5.91 Å². The van der Waals surface area contributed by atoms with Crippen molar-refractivity contribution in [3.63, 3.8) is 0 Å². The van der Waals surface area contributed by atoms with Gasteiger partial charge < -0.3 is 10.2 Å². The van der Waals surface area contributed by atoms with E-state index in [2.05, 4.69) is 28.5 Å². The Morgan fingerprint density at radius 2 is 1.89 bits per heavy atom. The monoisotopic (exact) mass is 387 g/mol. The molecule has 7 heteroatoms. The van der Waals surface area contributed by atoms with Crippen LogP contribution in [0.4, 0.5) is 5.82 Å². The molecule has 0 atom stereocenters. The number of anilines is 1. The third kappa shape index (κ3) is 3.10. The second-order valence-corrected chi connectivity index (χ2v) is 7.58. The van der Waals surface area contributed by atoms with E-state index >= 15 is 0 Å². The average molecular weight is 387 g/mol. The van der Waals surface area contributed by atoms with Crippen molar-refractivity contribution < 1.29 is 4.79 Å². The summed E-state index contributed by atoms with van der Waals surface area (Å²) in [4.78, 5) is 30.0. The summed E-state index contributed by atoms with van der Waals surface area (Å²) in [6.45, 7) is 1.62. The van der Waals surface area contributed by atoms with Gasteiger partial charge in [-0.25, -0.2) is 9.97 Å². The van der Waals surface area contributed by atoms with E-state index < -0.39 is 0 Å². The maximum Gasteiger partial charge on any atom is 0.239 e. The molecule has 0 aliphatic carbocycles. The summed E-state index contributed by atoms with van der Waals surface area (Å²) in [5.74, 6) is 1.38. The van der Waals surface area contributed by atoms with Crippen LogP contribution in [0.2, 0.25) is 0 Å². The Hall–Kier alpha value is -3.32. The Labute approximate surface area is 165 Å². The first kappa shape index (κ1) is 16.8. The van der Waals surface area contributed by atoms with Crippen molar-refractivity contribution in [3.05, 3.63) is 60.8 Å². The van der Waals surface area contributed by atoms with Crippen LogP contribution in [-0.2, 0) is 4.79 Å². The molecule has 3 aromatic heterocycles. The SMILES string of the molecule is O=C1CN(c2nc(-c3ccccn3)nc3sc(-c4ccccc4)cc23)CCN1. The first-order valence-corrected chi connectivity index (χ1v) is 9.89. The highest BCUT2D eigenvalue weighted by atomic mass is 32.1. The smallest absolute Gasteiger partial charge is 0.239 e. The number of carbonyl (C=O) groups is 1. The molecule has 1 aliphatic rings. The number of aromatic nitrogens is 3. The summed E-state index contributed by atoms with van der Waals surface area (Å²) in [5, 5.41) is 3.84. The van der Waals surface area contributed by atoms with Crippen LogP contribution in [0.5, 0.6) is 0 Å². The lowest BCUT2D eigenvalue weighted by Crippen LogP contribution is -2.48. The number of hydrogen-bond acceptors (Lipinski definition) is 6. The zero-order valence-electron chi connectivity index (χ0n) is 15.0. The molecule has 0 saturated carbocycles. The second-order valence-electron chi connectivity index (χ2n) is 6.55. The summed E-state index contributed by atoms with van der Waals surface area (Å²) in [7, 11) is 0. The fraction of sp³-hybridized carbons (Fsp3) is 0.143. The van der Waals surface area contributed by atoms with E-state index in [-0.39, 0.29) is 5.91 Å². The molecule has 1 N–H and O–H groups in total. The van der Waals surface area contributed by atoms with Gasteiger partial charge in [-0.1, -0.05) is 36.4 Å². The number of thiophene rings is 1. The maximum atomic E-state index is 12.0. The lowest BCUT2D eigenvalue weighted by atomic mass is 10.2. The van der Waals surface area contributed by atoms with E-state index in [1.54, 1.807) is 17.5 Å². The molecule has 1 fully saturated rings. The third-order valence-corrected chi connectivity index (χ3v) is 5.74. The second kappa shape index (κ2) is 7.01. The minimum atomic E-state index is 0.0101. The molecule has 4 aromatic rings. The number of fused-ring (bicyclic) bond motifs is 1. The number of amides is 1. The number of piperazine rings is 1. The van der Waals surface area contributed by atoms with Crippen molar-refractivity contribution >= 4 is 33.3 Å². The lowest BCUT2D eigenvalue weighted by molar-refractivity contribution is -0.120. The number of rotatable bonds is 3. The van der Waals surface area contributed by atoms with Gasteiger partial charge >= 0.3 is 0 Å². The largest absolute Gasteiger partial charge is 0.353 e. The standard InChI is InChI=1S/C21H17N5OS/c27-18-13-26(11-10-23-18)20-15-12-17(14-6-2-1-3-7-14)28-21(15)25-19(24-20)16-8-4-5-9-22-16/h1-9,12H,10-11,13H2,(H,23,27). The molecule has 0 radical (unpaired) electrons. The van der Waals surface area contributed by atoms with Crippen LogP contribution < -0.4 is 10.2 Å². The molecule has 4 heterocycles. The van der Waals surface area contributed by atoms with Crippen molar-refractivity contribution in [2.45, 2.75) is 0 Å². The minimum absolute atomic E-state index is 0.0101. The molecule has 0 unspecified atom stereocenters. The highest BCUT2D eigenvalue weighted by molar-refractivity contribution is 7.22. The summed E-state index contributed by atoms with van der Waals surface area (Å²) in [6, 6.07) is 18.1. The molecule has 5 rings (SSSR count). The summed E-state index contributed by atoms with van der Waals surface area (Å²) >= 11 is 1.63. The highest BCUT2D eigenvalue weighted by Gasteiger charge is 2.23. The van der Waals surface area contributed by atoms with Gasteiger partial charge in [0, 0.05) is 24.2 Å². The van der Waals surface area contributed by atoms with E-state index in [9.17, 15) is 4.79 Å². The molecular weight excluding hydrogens is 370 g/mol. The minimum Gasteiger partial charge on any atom is -0.353 e. The van der Waals surface area contributed by atoms with Crippen LogP contribution in [0, 0.1) is 0 Å². The maximum absolute atomic E-state index is 12.0. The predicted molar refractivity (Wildman–Crippen MR) is 111 cm³/mol. The summed E-state index contributed by atoms with van der Waals surface area (Å²) in [6.07, 6.45) is 1.74. The molecule has 28 heavy (non-hydrogen) atoms. The number of hydrogen-bond donors (Lipinski definition) is 1. The van der Waals surface area contributed by atoms with E-state index in [0.29, 0.717) is 18.9 Å². The van der Waals surface area contributed by atoms with E-state index in [4.69, 9.17) is 9.97 Å².